The van der Waals surface area contributed by atoms with Crippen LogP contribution in [0.4, 0.5) is 15.8 Å². The largest absolute Gasteiger partial charge is 0.332 e. The molecule has 0 fully saturated rings. The van der Waals surface area contributed by atoms with Crippen LogP contribution in [0.3, 0.4) is 0 Å². The second-order valence-electron chi connectivity index (χ2n) is 4.32. The molecule has 0 aliphatic carbocycles. The van der Waals surface area contributed by atoms with Crippen molar-refractivity contribution in [3.8, 4) is 0 Å². The van der Waals surface area contributed by atoms with Gasteiger partial charge in [-0.2, -0.15) is 0 Å². The molecule has 0 heterocycles. The van der Waals surface area contributed by atoms with Crippen molar-refractivity contribution in [2.75, 3.05) is 17.7 Å². The lowest BCUT2D eigenvalue weighted by atomic mass is 10.3. The van der Waals surface area contributed by atoms with Gasteiger partial charge in [0, 0.05) is 11.4 Å². The smallest absolute Gasteiger partial charge is 0.240 e. The van der Waals surface area contributed by atoms with Gasteiger partial charge in [-0.05, 0) is 67.8 Å². The summed E-state index contributed by atoms with van der Waals surface area (Å²) >= 11 is 5.13. The highest BCUT2D eigenvalue weighted by atomic mass is 32.2. The highest BCUT2D eigenvalue weighted by molar-refractivity contribution is 7.89. The molecule has 0 aliphatic heterocycles. The van der Waals surface area contributed by atoms with Crippen molar-refractivity contribution in [1.82, 2.24) is 4.72 Å². The van der Waals surface area contributed by atoms with Crippen molar-refractivity contribution in [2.45, 2.75) is 4.90 Å². The molecule has 22 heavy (non-hydrogen) atoms. The SMILES string of the molecule is CNS(=O)(=O)c1ccc(NC(=S)Nc2ccc(F)cc2)cc1. The molecule has 0 bridgehead atoms. The van der Waals surface area contributed by atoms with E-state index in [1.54, 1.807) is 24.3 Å². The quantitative estimate of drug-likeness (QED) is 0.747. The molecule has 3 N–H and O–H groups in total. The zero-order chi connectivity index (χ0) is 16.2. The minimum atomic E-state index is -3.46. The Morgan fingerprint density at radius 2 is 1.41 bits per heavy atom. The van der Waals surface area contributed by atoms with E-state index in [2.05, 4.69) is 15.4 Å². The third-order valence-corrected chi connectivity index (χ3v) is 4.43. The molecule has 0 saturated carbocycles. The molecule has 0 radical (unpaired) electrons. The Labute approximate surface area is 133 Å². The average Bonchev–Trinajstić information content (AvgIpc) is 2.50. The van der Waals surface area contributed by atoms with E-state index in [0.717, 1.165) is 0 Å². The Morgan fingerprint density at radius 3 is 1.86 bits per heavy atom. The first-order valence-corrected chi connectivity index (χ1v) is 8.17. The minimum absolute atomic E-state index is 0.165. The van der Waals surface area contributed by atoms with E-state index in [9.17, 15) is 12.8 Å². The third kappa shape index (κ3) is 4.23. The van der Waals surface area contributed by atoms with Gasteiger partial charge in [0.25, 0.3) is 0 Å². The second kappa shape index (κ2) is 6.82. The molecule has 8 heteroatoms. The number of rotatable bonds is 4. The van der Waals surface area contributed by atoms with Gasteiger partial charge in [0.15, 0.2) is 5.11 Å². The van der Waals surface area contributed by atoms with Crippen molar-refractivity contribution in [1.29, 1.82) is 0 Å². The molecule has 5 nitrogen and oxygen atoms in total. The van der Waals surface area contributed by atoms with Crippen LogP contribution >= 0.6 is 12.2 Å². The van der Waals surface area contributed by atoms with Crippen LogP contribution in [0.1, 0.15) is 0 Å². The predicted molar refractivity (Wildman–Crippen MR) is 88.9 cm³/mol. The molecule has 2 aromatic carbocycles. The Hall–Kier alpha value is -2.03. The van der Waals surface area contributed by atoms with Gasteiger partial charge in [-0.15, -0.1) is 0 Å². The number of anilines is 2. The van der Waals surface area contributed by atoms with Crippen LogP contribution in [-0.4, -0.2) is 20.6 Å². The first-order chi connectivity index (χ1) is 10.4. The summed E-state index contributed by atoms with van der Waals surface area (Å²) in [6.07, 6.45) is 0. The number of thiocarbonyl (C=S) groups is 1. The van der Waals surface area contributed by atoms with Gasteiger partial charge < -0.3 is 10.6 Å². The van der Waals surface area contributed by atoms with Gasteiger partial charge >= 0.3 is 0 Å². The molecule has 0 saturated heterocycles. The van der Waals surface area contributed by atoms with E-state index in [1.807, 2.05) is 0 Å². The lowest BCUT2D eigenvalue weighted by molar-refractivity contribution is 0.588. The lowest BCUT2D eigenvalue weighted by Crippen LogP contribution is -2.20. The Balaban J connectivity index is 2.01. The van der Waals surface area contributed by atoms with Gasteiger partial charge in [0.2, 0.25) is 10.0 Å². The van der Waals surface area contributed by atoms with Crippen molar-refractivity contribution in [3.05, 3.63) is 54.3 Å². The van der Waals surface area contributed by atoms with Crippen LogP contribution in [0.5, 0.6) is 0 Å². The van der Waals surface area contributed by atoms with Gasteiger partial charge in [-0.3, -0.25) is 0 Å². The lowest BCUT2D eigenvalue weighted by Gasteiger charge is -2.11. The summed E-state index contributed by atoms with van der Waals surface area (Å²) in [5, 5.41) is 6.13. The zero-order valence-electron chi connectivity index (χ0n) is 11.6. The monoisotopic (exact) mass is 339 g/mol. The van der Waals surface area contributed by atoms with Crippen LogP contribution in [0, 0.1) is 5.82 Å². The maximum Gasteiger partial charge on any atom is 0.240 e. The normalized spacial score (nSPS) is 11.0. The minimum Gasteiger partial charge on any atom is -0.332 e. The number of nitrogens with one attached hydrogen (secondary N) is 3. The summed E-state index contributed by atoms with van der Waals surface area (Å²) in [5.41, 5.74) is 1.28. The van der Waals surface area contributed by atoms with Crippen molar-refractivity contribution in [3.63, 3.8) is 0 Å². The second-order valence-corrected chi connectivity index (χ2v) is 6.61. The molecule has 0 spiro atoms. The van der Waals surface area contributed by atoms with Gasteiger partial charge in [-0.25, -0.2) is 17.5 Å². The number of halogens is 1. The Morgan fingerprint density at radius 1 is 0.955 bits per heavy atom. The first kappa shape index (κ1) is 16.3. The molecule has 0 aromatic heterocycles. The van der Waals surface area contributed by atoms with Gasteiger partial charge in [-0.1, -0.05) is 0 Å². The van der Waals surface area contributed by atoms with Crippen molar-refractivity contribution < 1.29 is 12.8 Å². The molecule has 0 unspecified atom stereocenters. The van der Waals surface area contributed by atoms with Gasteiger partial charge in [0.05, 0.1) is 4.90 Å². The van der Waals surface area contributed by atoms with Crippen LogP contribution < -0.4 is 15.4 Å². The van der Waals surface area contributed by atoms with Gasteiger partial charge in [0.1, 0.15) is 5.82 Å². The average molecular weight is 339 g/mol. The summed E-state index contributed by atoms with van der Waals surface area (Å²) < 4.78 is 38.2. The molecule has 0 aliphatic rings. The fraction of sp³-hybridized carbons (Fsp3) is 0.0714. The number of hydrogen-bond acceptors (Lipinski definition) is 3. The highest BCUT2D eigenvalue weighted by Crippen LogP contribution is 2.14. The van der Waals surface area contributed by atoms with Crippen LogP contribution in [-0.2, 0) is 10.0 Å². The number of benzene rings is 2. The number of hydrogen-bond donors (Lipinski definition) is 3. The molecule has 0 atom stereocenters. The van der Waals surface area contributed by atoms with E-state index < -0.39 is 10.0 Å². The Bertz CT molecular complexity index is 760. The summed E-state index contributed by atoms with van der Waals surface area (Å²) in [4.78, 5) is 0.165. The maximum absolute atomic E-state index is 12.8. The summed E-state index contributed by atoms with van der Waals surface area (Å²) in [5.74, 6) is -0.328. The van der Waals surface area contributed by atoms with E-state index in [-0.39, 0.29) is 10.7 Å². The van der Waals surface area contributed by atoms with Crippen LogP contribution in [0.25, 0.3) is 0 Å². The predicted octanol–water partition coefficient (Wildman–Crippen LogP) is 2.54. The van der Waals surface area contributed by atoms with E-state index in [1.165, 1.54) is 31.3 Å². The maximum atomic E-state index is 12.8. The summed E-state index contributed by atoms with van der Waals surface area (Å²) in [6.45, 7) is 0. The van der Waals surface area contributed by atoms with Crippen molar-refractivity contribution >= 4 is 38.7 Å². The van der Waals surface area contributed by atoms with Crippen LogP contribution in [0.15, 0.2) is 53.4 Å². The highest BCUT2D eigenvalue weighted by Gasteiger charge is 2.10. The fourth-order valence-corrected chi connectivity index (χ4v) is 2.63. The molecule has 2 rings (SSSR count). The van der Waals surface area contributed by atoms with E-state index in [4.69, 9.17) is 12.2 Å². The zero-order valence-corrected chi connectivity index (χ0v) is 13.3. The van der Waals surface area contributed by atoms with E-state index >= 15 is 0 Å². The molecular weight excluding hydrogens is 325 g/mol. The Kier molecular flexibility index (Phi) is 5.07. The molecule has 0 amide bonds. The summed E-state index contributed by atoms with van der Waals surface area (Å²) in [6, 6.07) is 11.9. The number of sulfonamides is 1. The molecular formula is C14H14FN3O2S2. The van der Waals surface area contributed by atoms with Crippen molar-refractivity contribution in [2.24, 2.45) is 0 Å². The molecule has 2 aromatic rings. The van der Waals surface area contributed by atoms with Crippen LogP contribution in [0.2, 0.25) is 0 Å². The fourth-order valence-electron chi connectivity index (χ4n) is 1.66. The molecule has 116 valence electrons. The topological polar surface area (TPSA) is 70.2 Å². The van der Waals surface area contributed by atoms with E-state index in [0.29, 0.717) is 16.5 Å². The first-order valence-electron chi connectivity index (χ1n) is 6.28. The third-order valence-electron chi connectivity index (χ3n) is 2.79. The standard InChI is InChI=1S/C14H14FN3O2S2/c1-16-22(19,20)13-8-6-12(7-9-13)18-14(21)17-11-4-2-10(15)3-5-11/h2-9,16H,1H3,(H2,17,18,21). The summed E-state index contributed by atoms with van der Waals surface area (Å²) in [7, 11) is -2.11.